The van der Waals surface area contributed by atoms with Crippen molar-refractivity contribution in [2.75, 3.05) is 26.3 Å². The number of para-hydroxylation sites is 1. The van der Waals surface area contributed by atoms with Gasteiger partial charge in [-0.3, -0.25) is 4.90 Å². The van der Waals surface area contributed by atoms with Crippen LogP contribution in [0.5, 0.6) is 5.75 Å². The number of morpholine rings is 1. The molecule has 0 spiro atoms. The second kappa shape index (κ2) is 7.43. The number of aromatic nitrogens is 2. The summed E-state index contributed by atoms with van der Waals surface area (Å²) in [4.78, 5) is 6.56. The van der Waals surface area contributed by atoms with Crippen molar-refractivity contribution in [3.63, 3.8) is 0 Å². The Kier molecular flexibility index (Phi) is 5.08. The van der Waals surface area contributed by atoms with Gasteiger partial charge >= 0.3 is 0 Å². The number of aryl methyl sites for hydroxylation is 1. The van der Waals surface area contributed by atoms with Gasteiger partial charge in [-0.05, 0) is 26.0 Å². The third kappa shape index (κ3) is 3.55. The van der Waals surface area contributed by atoms with Crippen LogP contribution < -0.4 is 4.74 Å². The zero-order valence-electron chi connectivity index (χ0n) is 13.8. The molecule has 0 unspecified atom stereocenters. The number of nitrogens with zero attached hydrogens (tertiary/aromatic N) is 4. The predicted molar refractivity (Wildman–Crippen MR) is 85.4 cm³/mol. The molecule has 3 rings (SSSR count). The molecule has 1 fully saturated rings. The first-order chi connectivity index (χ1) is 11.7. The van der Waals surface area contributed by atoms with Gasteiger partial charge in [0.05, 0.1) is 18.3 Å². The minimum Gasteiger partial charge on any atom is -0.491 e. The number of rotatable bonds is 5. The molecule has 7 nitrogen and oxygen atoms in total. The van der Waals surface area contributed by atoms with Crippen molar-refractivity contribution in [2.24, 2.45) is 0 Å². The van der Waals surface area contributed by atoms with Crippen LogP contribution >= 0.6 is 0 Å². The largest absolute Gasteiger partial charge is 0.491 e. The lowest BCUT2D eigenvalue weighted by Crippen LogP contribution is -2.45. The summed E-state index contributed by atoms with van der Waals surface area (Å²) in [5.74, 6) is 1.78. The lowest BCUT2D eigenvalue weighted by atomic mass is 10.1. The van der Waals surface area contributed by atoms with Gasteiger partial charge in [0.15, 0.2) is 5.82 Å². The summed E-state index contributed by atoms with van der Waals surface area (Å²) < 4.78 is 16.9. The number of benzene rings is 1. The zero-order valence-corrected chi connectivity index (χ0v) is 13.8. The molecule has 24 heavy (non-hydrogen) atoms. The minimum absolute atomic E-state index is 0.0370. The van der Waals surface area contributed by atoms with Crippen molar-refractivity contribution in [1.29, 1.82) is 5.26 Å². The highest BCUT2D eigenvalue weighted by Crippen LogP contribution is 2.28. The summed E-state index contributed by atoms with van der Waals surface area (Å²) >= 11 is 0. The van der Waals surface area contributed by atoms with E-state index < -0.39 is 0 Å². The van der Waals surface area contributed by atoms with E-state index in [2.05, 4.69) is 21.1 Å². The van der Waals surface area contributed by atoms with Crippen molar-refractivity contribution in [2.45, 2.75) is 26.0 Å². The predicted octanol–water partition coefficient (Wildman–Crippen LogP) is 2.09. The molecule has 7 heteroatoms. The number of ether oxygens (including phenoxy) is 2. The first-order valence-corrected chi connectivity index (χ1v) is 7.97. The van der Waals surface area contributed by atoms with Crippen molar-refractivity contribution >= 4 is 0 Å². The van der Waals surface area contributed by atoms with Crippen LogP contribution in [0.25, 0.3) is 0 Å². The third-order valence-electron chi connectivity index (χ3n) is 4.04. The highest BCUT2D eigenvalue weighted by Gasteiger charge is 2.34. The SMILES string of the molecule is Cc1noc([C@@H]2[C@@H](C)OCCN2CCOc2ccccc2C#N)n1. The van der Waals surface area contributed by atoms with E-state index in [-0.39, 0.29) is 12.1 Å². The van der Waals surface area contributed by atoms with Gasteiger partial charge in [-0.2, -0.15) is 10.2 Å². The van der Waals surface area contributed by atoms with Gasteiger partial charge in [0.25, 0.3) is 0 Å². The van der Waals surface area contributed by atoms with Gasteiger partial charge in [-0.15, -0.1) is 0 Å². The van der Waals surface area contributed by atoms with E-state index in [0.717, 1.165) is 6.54 Å². The molecule has 1 saturated heterocycles. The molecule has 2 heterocycles. The maximum atomic E-state index is 9.11. The summed E-state index contributed by atoms with van der Waals surface area (Å²) in [6, 6.07) is 9.28. The Morgan fingerprint density at radius 2 is 2.25 bits per heavy atom. The fourth-order valence-corrected chi connectivity index (χ4v) is 2.88. The second-order valence-electron chi connectivity index (χ2n) is 5.69. The molecule has 1 aromatic heterocycles. The Morgan fingerprint density at radius 1 is 1.42 bits per heavy atom. The molecular formula is C17H20N4O3. The molecule has 126 valence electrons. The van der Waals surface area contributed by atoms with Crippen LogP contribution in [0.3, 0.4) is 0 Å². The summed E-state index contributed by atoms with van der Waals surface area (Å²) in [5, 5.41) is 13.0. The fraction of sp³-hybridized carbons (Fsp3) is 0.471. The van der Waals surface area contributed by atoms with Crippen molar-refractivity contribution in [1.82, 2.24) is 15.0 Å². The van der Waals surface area contributed by atoms with Crippen LogP contribution in [0, 0.1) is 18.3 Å². The maximum Gasteiger partial charge on any atom is 0.246 e. The molecule has 0 amide bonds. The molecule has 0 radical (unpaired) electrons. The van der Waals surface area contributed by atoms with Gasteiger partial charge in [-0.25, -0.2) is 0 Å². The van der Waals surface area contributed by atoms with Crippen LogP contribution in [0.15, 0.2) is 28.8 Å². The molecule has 0 bridgehead atoms. The third-order valence-corrected chi connectivity index (χ3v) is 4.04. The normalized spacial score (nSPS) is 21.4. The summed E-state index contributed by atoms with van der Waals surface area (Å²) in [6.07, 6.45) is -0.0370. The van der Waals surface area contributed by atoms with Crippen LogP contribution in [0.1, 0.15) is 30.2 Å². The lowest BCUT2D eigenvalue weighted by molar-refractivity contribution is -0.0755. The van der Waals surface area contributed by atoms with Crippen LogP contribution in [0.4, 0.5) is 0 Å². The summed E-state index contributed by atoms with van der Waals surface area (Å²) in [7, 11) is 0. The van der Waals surface area contributed by atoms with E-state index in [4.69, 9.17) is 19.3 Å². The zero-order chi connectivity index (χ0) is 16.9. The van der Waals surface area contributed by atoms with E-state index in [9.17, 15) is 0 Å². The molecular weight excluding hydrogens is 308 g/mol. The van der Waals surface area contributed by atoms with E-state index in [1.54, 1.807) is 19.1 Å². The first kappa shape index (κ1) is 16.4. The lowest BCUT2D eigenvalue weighted by Gasteiger charge is -2.37. The average molecular weight is 328 g/mol. The molecule has 1 aliphatic rings. The van der Waals surface area contributed by atoms with Gasteiger partial charge in [0.1, 0.15) is 24.5 Å². The van der Waals surface area contributed by atoms with Crippen molar-refractivity contribution in [3.8, 4) is 11.8 Å². The van der Waals surface area contributed by atoms with Crippen LogP contribution in [0.2, 0.25) is 0 Å². The van der Waals surface area contributed by atoms with E-state index in [0.29, 0.717) is 42.8 Å². The number of nitriles is 1. The maximum absolute atomic E-state index is 9.11. The number of hydrogen-bond donors (Lipinski definition) is 0. The molecule has 2 atom stereocenters. The highest BCUT2D eigenvalue weighted by atomic mass is 16.5. The topological polar surface area (TPSA) is 84.4 Å². The first-order valence-electron chi connectivity index (χ1n) is 7.97. The Labute approximate surface area is 140 Å². The summed E-state index contributed by atoms with van der Waals surface area (Å²) in [5.41, 5.74) is 0.539. The quantitative estimate of drug-likeness (QED) is 0.831. The van der Waals surface area contributed by atoms with Crippen LogP contribution in [-0.2, 0) is 4.74 Å². The number of hydrogen-bond acceptors (Lipinski definition) is 7. The molecule has 1 aromatic carbocycles. The Bertz CT molecular complexity index is 725. The van der Waals surface area contributed by atoms with Gasteiger partial charge in [-0.1, -0.05) is 17.3 Å². The van der Waals surface area contributed by atoms with Crippen molar-refractivity contribution in [3.05, 3.63) is 41.5 Å². The minimum atomic E-state index is -0.0882. The molecule has 0 saturated carbocycles. The Hall–Kier alpha value is -2.43. The molecule has 0 aliphatic carbocycles. The smallest absolute Gasteiger partial charge is 0.246 e. The average Bonchev–Trinajstić information content (AvgIpc) is 3.01. The standard InChI is InChI=1S/C17H20N4O3/c1-12-16(17-19-13(2)20-24-17)21(7-9-22-12)8-10-23-15-6-4-3-5-14(15)11-18/h3-6,12,16H,7-10H2,1-2H3/t12-,16+/m1/s1. The van der Waals surface area contributed by atoms with Gasteiger partial charge in [0.2, 0.25) is 5.89 Å². The van der Waals surface area contributed by atoms with E-state index >= 15 is 0 Å². The Morgan fingerprint density at radius 3 is 3.00 bits per heavy atom. The van der Waals surface area contributed by atoms with Gasteiger partial charge < -0.3 is 14.0 Å². The monoisotopic (exact) mass is 328 g/mol. The second-order valence-corrected chi connectivity index (χ2v) is 5.69. The fourth-order valence-electron chi connectivity index (χ4n) is 2.88. The molecule has 2 aromatic rings. The summed E-state index contributed by atoms with van der Waals surface area (Å²) in [6.45, 7) is 6.36. The van der Waals surface area contributed by atoms with E-state index in [1.165, 1.54) is 0 Å². The Balaban J connectivity index is 1.65. The van der Waals surface area contributed by atoms with Crippen LogP contribution in [-0.4, -0.2) is 47.4 Å². The van der Waals surface area contributed by atoms with E-state index in [1.807, 2.05) is 19.1 Å². The molecule has 1 aliphatic heterocycles. The highest BCUT2D eigenvalue weighted by molar-refractivity contribution is 5.42. The molecule has 0 N–H and O–H groups in total. The van der Waals surface area contributed by atoms with Gasteiger partial charge in [0, 0.05) is 13.1 Å². The van der Waals surface area contributed by atoms with Crippen molar-refractivity contribution < 1.29 is 14.0 Å².